The third-order valence-electron chi connectivity index (χ3n) is 3.18. The molecule has 4 nitrogen and oxygen atoms in total. The summed E-state index contributed by atoms with van der Waals surface area (Å²) in [5, 5.41) is 0. The molecule has 0 fully saturated rings. The lowest BCUT2D eigenvalue weighted by Crippen LogP contribution is -2.02. The van der Waals surface area contributed by atoms with Crippen molar-refractivity contribution in [3.63, 3.8) is 0 Å². The van der Waals surface area contributed by atoms with E-state index in [1.165, 1.54) is 24.8 Å². The fourth-order valence-electron chi connectivity index (χ4n) is 2.11. The van der Waals surface area contributed by atoms with Crippen molar-refractivity contribution in [2.24, 2.45) is 0 Å². The first-order valence-corrected chi connectivity index (χ1v) is 7.32. The van der Waals surface area contributed by atoms with Gasteiger partial charge in [0.15, 0.2) is 5.78 Å². The van der Waals surface area contributed by atoms with E-state index in [2.05, 4.69) is 25.9 Å². The summed E-state index contributed by atoms with van der Waals surface area (Å²) >= 11 is 3.17. The van der Waals surface area contributed by atoms with Gasteiger partial charge in [-0.2, -0.15) is 0 Å². The zero-order valence-corrected chi connectivity index (χ0v) is 13.0. The molecular formula is C16H11BrFN3O. The predicted octanol–water partition coefficient (Wildman–Crippen LogP) is 3.46. The molecule has 2 heterocycles. The summed E-state index contributed by atoms with van der Waals surface area (Å²) in [5.41, 5.74) is 1.95. The van der Waals surface area contributed by atoms with Gasteiger partial charge in [0, 0.05) is 36.9 Å². The number of carbonyl (C=O) groups excluding carboxylic acids is 1. The van der Waals surface area contributed by atoms with Gasteiger partial charge in [0.25, 0.3) is 0 Å². The van der Waals surface area contributed by atoms with Crippen molar-refractivity contribution < 1.29 is 9.18 Å². The zero-order valence-electron chi connectivity index (χ0n) is 11.4. The largest absolute Gasteiger partial charge is 0.349 e. The quantitative estimate of drug-likeness (QED) is 0.670. The maximum absolute atomic E-state index is 13.2. The number of aromatic nitrogens is 3. The Morgan fingerprint density at radius 3 is 2.68 bits per heavy atom. The molecular weight excluding hydrogens is 349 g/mol. The van der Waals surface area contributed by atoms with Crippen LogP contribution >= 0.6 is 15.9 Å². The molecule has 0 aliphatic carbocycles. The van der Waals surface area contributed by atoms with Gasteiger partial charge in [-0.25, -0.2) is 14.4 Å². The van der Waals surface area contributed by atoms with Gasteiger partial charge in [0.1, 0.15) is 12.1 Å². The molecule has 0 N–H and O–H groups in total. The Hall–Kier alpha value is -2.34. The van der Waals surface area contributed by atoms with Crippen LogP contribution in [0.1, 0.15) is 21.5 Å². The van der Waals surface area contributed by atoms with Crippen LogP contribution in [0.2, 0.25) is 0 Å². The summed E-state index contributed by atoms with van der Waals surface area (Å²) in [6, 6.07) is 6.60. The third kappa shape index (κ3) is 3.12. The minimum atomic E-state index is -0.295. The molecule has 110 valence electrons. The summed E-state index contributed by atoms with van der Waals surface area (Å²) in [5.74, 6) is -0.421. The van der Waals surface area contributed by atoms with Crippen LogP contribution in [-0.4, -0.2) is 20.3 Å². The number of ketones is 1. The van der Waals surface area contributed by atoms with Crippen molar-refractivity contribution in [1.29, 1.82) is 0 Å². The van der Waals surface area contributed by atoms with Crippen molar-refractivity contribution in [1.82, 2.24) is 14.5 Å². The third-order valence-corrected chi connectivity index (χ3v) is 3.79. The number of hydrogen-bond acceptors (Lipinski definition) is 3. The van der Waals surface area contributed by atoms with Crippen molar-refractivity contribution in [2.45, 2.75) is 6.54 Å². The highest BCUT2D eigenvalue weighted by Gasteiger charge is 2.11. The van der Waals surface area contributed by atoms with Gasteiger partial charge >= 0.3 is 0 Å². The van der Waals surface area contributed by atoms with Gasteiger partial charge in [0.2, 0.25) is 0 Å². The highest BCUT2D eigenvalue weighted by atomic mass is 79.9. The highest BCUT2D eigenvalue weighted by Crippen LogP contribution is 2.18. The molecule has 2 aromatic heterocycles. The van der Waals surface area contributed by atoms with Crippen LogP contribution in [0.3, 0.4) is 0 Å². The normalized spacial score (nSPS) is 10.6. The van der Waals surface area contributed by atoms with Crippen molar-refractivity contribution in [2.75, 3.05) is 0 Å². The van der Waals surface area contributed by atoms with Gasteiger partial charge in [-0.05, 0) is 39.7 Å². The Kier molecular flexibility index (Phi) is 4.11. The van der Waals surface area contributed by atoms with E-state index in [1.54, 1.807) is 24.4 Å². The monoisotopic (exact) mass is 359 g/mol. The number of nitrogens with zero attached hydrogens (tertiary/aromatic N) is 3. The van der Waals surface area contributed by atoms with Crippen LogP contribution in [0.25, 0.3) is 0 Å². The number of carbonyl (C=O) groups is 1. The zero-order chi connectivity index (χ0) is 15.5. The van der Waals surface area contributed by atoms with E-state index in [4.69, 9.17) is 0 Å². The van der Waals surface area contributed by atoms with E-state index >= 15 is 0 Å². The fraction of sp³-hybridized carbons (Fsp3) is 0.0625. The lowest BCUT2D eigenvalue weighted by Gasteiger charge is -2.04. The SMILES string of the molecule is O=C(c1cncnc1)c1ccn(Cc2ccc(F)c(Br)c2)c1. The van der Waals surface area contributed by atoms with Crippen LogP contribution in [0.15, 0.2) is 59.9 Å². The van der Waals surface area contributed by atoms with Crippen LogP contribution in [0, 0.1) is 5.82 Å². The maximum Gasteiger partial charge on any atom is 0.197 e. The van der Waals surface area contributed by atoms with Gasteiger partial charge in [-0.1, -0.05) is 6.07 Å². The van der Waals surface area contributed by atoms with E-state index in [-0.39, 0.29) is 11.6 Å². The van der Waals surface area contributed by atoms with E-state index in [1.807, 2.05) is 10.8 Å². The molecule has 0 radical (unpaired) electrons. The molecule has 3 aromatic rings. The molecule has 0 aliphatic heterocycles. The molecule has 0 amide bonds. The summed E-state index contributed by atoms with van der Waals surface area (Å²) < 4.78 is 15.5. The van der Waals surface area contributed by atoms with Crippen LogP contribution in [0.4, 0.5) is 4.39 Å². The molecule has 0 saturated heterocycles. The second kappa shape index (κ2) is 6.19. The molecule has 6 heteroatoms. The summed E-state index contributed by atoms with van der Waals surface area (Å²) in [7, 11) is 0. The Balaban J connectivity index is 1.79. The predicted molar refractivity (Wildman–Crippen MR) is 83.1 cm³/mol. The molecule has 0 saturated carbocycles. The summed E-state index contributed by atoms with van der Waals surface area (Å²) in [4.78, 5) is 19.9. The molecule has 0 atom stereocenters. The van der Waals surface area contributed by atoms with E-state index in [0.29, 0.717) is 22.1 Å². The summed E-state index contributed by atoms with van der Waals surface area (Å²) in [6.45, 7) is 0.553. The Labute approximate surface area is 134 Å². The van der Waals surface area contributed by atoms with Gasteiger partial charge in [-0.15, -0.1) is 0 Å². The van der Waals surface area contributed by atoms with Crippen LogP contribution in [-0.2, 0) is 6.54 Å². The maximum atomic E-state index is 13.2. The molecule has 3 rings (SSSR count). The number of hydrogen-bond donors (Lipinski definition) is 0. The second-order valence-corrected chi connectivity index (χ2v) is 5.63. The smallest absolute Gasteiger partial charge is 0.197 e. The Morgan fingerprint density at radius 1 is 1.18 bits per heavy atom. The minimum Gasteiger partial charge on any atom is -0.349 e. The Bertz CT molecular complexity index is 817. The lowest BCUT2D eigenvalue weighted by molar-refractivity contribution is 0.103. The highest BCUT2D eigenvalue weighted by molar-refractivity contribution is 9.10. The van der Waals surface area contributed by atoms with Crippen LogP contribution in [0.5, 0.6) is 0 Å². The summed E-state index contributed by atoms with van der Waals surface area (Å²) in [6.07, 6.45) is 7.93. The van der Waals surface area contributed by atoms with Crippen molar-refractivity contribution >= 4 is 21.7 Å². The average Bonchev–Trinajstić information content (AvgIpc) is 2.99. The molecule has 0 spiro atoms. The minimum absolute atomic E-state index is 0.125. The molecule has 0 aliphatic rings. The molecule has 22 heavy (non-hydrogen) atoms. The molecule has 1 aromatic carbocycles. The molecule has 0 bridgehead atoms. The van der Waals surface area contributed by atoms with E-state index in [9.17, 15) is 9.18 Å². The van der Waals surface area contributed by atoms with Crippen molar-refractivity contribution in [3.8, 4) is 0 Å². The standard InChI is InChI=1S/C16H11BrFN3O/c17-14-5-11(1-2-15(14)18)8-21-4-3-12(9-21)16(22)13-6-19-10-20-7-13/h1-7,9-10H,8H2. The van der Waals surface area contributed by atoms with Gasteiger partial charge in [0.05, 0.1) is 10.0 Å². The number of benzene rings is 1. The fourth-order valence-corrected chi connectivity index (χ4v) is 2.53. The first-order chi connectivity index (χ1) is 10.6. The van der Waals surface area contributed by atoms with E-state index < -0.39 is 0 Å². The van der Waals surface area contributed by atoms with Crippen molar-refractivity contribution in [3.05, 3.63) is 82.4 Å². The first-order valence-electron chi connectivity index (χ1n) is 6.53. The second-order valence-electron chi connectivity index (χ2n) is 4.78. The van der Waals surface area contributed by atoms with Gasteiger partial charge < -0.3 is 4.57 Å². The number of rotatable bonds is 4. The average molecular weight is 360 g/mol. The lowest BCUT2D eigenvalue weighted by atomic mass is 10.1. The van der Waals surface area contributed by atoms with E-state index in [0.717, 1.165) is 5.56 Å². The first kappa shape index (κ1) is 14.6. The topological polar surface area (TPSA) is 47.8 Å². The van der Waals surface area contributed by atoms with Gasteiger partial charge in [-0.3, -0.25) is 4.79 Å². The Morgan fingerprint density at radius 2 is 1.95 bits per heavy atom. The van der Waals surface area contributed by atoms with Crippen LogP contribution < -0.4 is 0 Å². The number of halogens is 2. The molecule has 0 unspecified atom stereocenters.